The van der Waals surface area contributed by atoms with Crippen LogP contribution in [0.4, 0.5) is 5.88 Å². The average Bonchev–Trinajstić information content (AvgIpc) is 2.93. The largest absolute Gasteiger partial charge is 0.588 e. The lowest BCUT2D eigenvalue weighted by Gasteiger charge is -2.26. The van der Waals surface area contributed by atoms with Crippen LogP contribution in [-0.2, 0) is 9.59 Å². The van der Waals surface area contributed by atoms with Gasteiger partial charge in [0.05, 0.1) is 23.8 Å². The number of carbonyl (C=O) groups is 2. The summed E-state index contributed by atoms with van der Waals surface area (Å²) in [6.07, 6.45) is 1.61. The maximum atomic E-state index is 11.9. The van der Waals surface area contributed by atoms with Gasteiger partial charge in [-0.3, -0.25) is 4.79 Å². The SMILES string of the molecule is CC(=O)SC[C@@H](C)C(=O)[N-]c1c[n+](N2CCN(C)CC2)no1. The molecule has 0 saturated carbocycles. The standard InChI is InChI=1S/C13H21N5O3S/c1-10(9-22-11(2)19)13(20)14-12-8-18(15-21-12)17-6-4-16(3)5-7-17/h8,10H,4-7,9H2,1-3H3/t10-/m1/s1. The molecule has 0 unspecified atom stereocenters. The summed E-state index contributed by atoms with van der Waals surface area (Å²) in [6, 6.07) is 0. The third-order valence-corrected chi connectivity index (χ3v) is 4.47. The number of rotatable bonds is 5. The zero-order valence-corrected chi connectivity index (χ0v) is 13.9. The van der Waals surface area contributed by atoms with E-state index in [0.717, 1.165) is 37.9 Å². The first-order valence-electron chi connectivity index (χ1n) is 7.17. The van der Waals surface area contributed by atoms with Gasteiger partial charge < -0.3 is 19.5 Å². The van der Waals surface area contributed by atoms with Crippen LogP contribution in [0.3, 0.4) is 0 Å². The second kappa shape index (κ2) is 7.59. The van der Waals surface area contributed by atoms with E-state index in [1.54, 1.807) is 17.9 Å². The lowest BCUT2D eigenvalue weighted by Crippen LogP contribution is -2.64. The smallest absolute Gasteiger partial charge is 0.257 e. The molecule has 2 heterocycles. The number of nitrogens with zero attached hydrogens (tertiary/aromatic N) is 5. The van der Waals surface area contributed by atoms with Crippen LogP contribution in [-0.4, -0.2) is 60.2 Å². The third-order valence-electron chi connectivity index (χ3n) is 3.39. The fourth-order valence-corrected chi connectivity index (χ4v) is 2.57. The van der Waals surface area contributed by atoms with Gasteiger partial charge in [-0.2, -0.15) is 5.01 Å². The molecule has 1 saturated heterocycles. The number of thioether (sulfide) groups is 1. The Kier molecular flexibility index (Phi) is 5.78. The monoisotopic (exact) mass is 327 g/mol. The van der Waals surface area contributed by atoms with Gasteiger partial charge in [0.25, 0.3) is 6.20 Å². The molecular formula is C13H21N5O3S. The molecule has 1 aliphatic rings. The molecule has 9 heteroatoms. The van der Waals surface area contributed by atoms with Crippen LogP contribution in [0.15, 0.2) is 10.7 Å². The molecule has 1 amide bonds. The first kappa shape index (κ1) is 16.8. The maximum Gasteiger partial charge on any atom is 0.257 e. The minimum Gasteiger partial charge on any atom is -0.588 e. The lowest BCUT2D eigenvalue weighted by molar-refractivity contribution is -0.759. The molecule has 0 aromatic carbocycles. The summed E-state index contributed by atoms with van der Waals surface area (Å²) in [5, 5.41) is 9.83. The third kappa shape index (κ3) is 4.70. The average molecular weight is 327 g/mol. The van der Waals surface area contributed by atoms with Gasteiger partial charge in [0.2, 0.25) is 5.27 Å². The Morgan fingerprint density at radius 2 is 2.14 bits per heavy atom. The predicted molar refractivity (Wildman–Crippen MR) is 82.5 cm³/mol. The van der Waals surface area contributed by atoms with Crippen molar-refractivity contribution in [2.24, 2.45) is 5.92 Å². The number of hydrogen-bond donors (Lipinski definition) is 0. The van der Waals surface area contributed by atoms with Gasteiger partial charge in [0, 0.05) is 31.7 Å². The Morgan fingerprint density at radius 3 is 2.77 bits per heavy atom. The Labute approximate surface area is 133 Å². The molecule has 0 N–H and O–H groups in total. The molecule has 0 bridgehead atoms. The van der Waals surface area contributed by atoms with Crippen molar-refractivity contribution in [3.05, 3.63) is 11.5 Å². The molecule has 1 aromatic rings. The van der Waals surface area contributed by atoms with Crippen LogP contribution in [0, 0.1) is 5.92 Å². The molecule has 0 aliphatic carbocycles. The Morgan fingerprint density at radius 1 is 1.45 bits per heavy atom. The zero-order valence-electron chi connectivity index (χ0n) is 13.1. The van der Waals surface area contributed by atoms with E-state index >= 15 is 0 Å². The van der Waals surface area contributed by atoms with E-state index in [1.807, 2.05) is 5.01 Å². The fraction of sp³-hybridized carbons (Fsp3) is 0.692. The fourth-order valence-electron chi connectivity index (χ4n) is 1.95. The summed E-state index contributed by atoms with van der Waals surface area (Å²) in [4.78, 5) is 26.7. The van der Waals surface area contributed by atoms with E-state index < -0.39 is 0 Å². The minimum atomic E-state index is -0.337. The van der Waals surface area contributed by atoms with Crippen molar-refractivity contribution >= 4 is 28.7 Å². The topological polar surface area (TPSA) is 84.6 Å². The maximum absolute atomic E-state index is 11.9. The van der Waals surface area contributed by atoms with Crippen LogP contribution in [0.1, 0.15) is 13.8 Å². The number of likely N-dealkylation sites (N-methyl/N-ethyl adjacent to an activating group) is 1. The van der Waals surface area contributed by atoms with E-state index in [0.29, 0.717) is 5.75 Å². The molecule has 122 valence electrons. The zero-order chi connectivity index (χ0) is 16.1. The van der Waals surface area contributed by atoms with Crippen LogP contribution in [0.25, 0.3) is 5.32 Å². The molecule has 22 heavy (non-hydrogen) atoms. The number of amides is 1. The highest BCUT2D eigenvalue weighted by Gasteiger charge is 2.23. The highest BCUT2D eigenvalue weighted by molar-refractivity contribution is 8.13. The summed E-state index contributed by atoms with van der Waals surface area (Å²) >= 11 is 1.12. The van der Waals surface area contributed by atoms with Crippen LogP contribution < -0.4 is 9.80 Å². The second-order valence-corrected chi connectivity index (χ2v) is 6.57. The van der Waals surface area contributed by atoms with Crippen molar-refractivity contribution in [2.45, 2.75) is 13.8 Å². The van der Waals surface area contributed by atoms with Gasteiger partial charge in [-0.25, -0.2) is 0 Å². The summed E-state index contributed by atoms with van der Waals surface area (Å²) in [6.45, 7) is 6.80. The first-order chi connectivity index (χ1) is 10.5. The van der Waals surface area contributed by atoms with Crippen LogP contribution in [0.5, 0.6) is 0 Å². The van der Waals surface area contributed by atoms with E-state index in [9.17, 15) is 9.59 Å². The van der Waals surface area contributed by atoms with Crippen molar-refractivity contribution in [1.29, 1.82) is 0 Å². The molecule has 8 nitrogen and oxygen atoms in total. The first-order valence-corrected chi connectivity index (χ1v) is 8.15. The van der Waals surface area contributed by atoms with Gasteiger partial charge in [-0.1, -0.05) is 18.7 Å². The number of carbonyl (C=O) groups excluding carboxylic acids is 2. The van der Waals surface area contributed by atoms with Gasteiger partial charge >= 0.3 is 0 Å². The van der Waals surface area contributed by atoms with Crippen molar-refractivity contribution in [3.8, 4) is 0 Å². The normalized spacial score (nSPS) is 17.3. The summed E-state index contributed by atoms with van der Waals surface area (Å²) < 4.78 is 5.09. The molecule has 1 aliphatic heterocycles. The van der Waals surface area contributed by atoms with Gasteiger partial charge in [-0.05, 0) is 7.05 Å². The number of aromatic nitrogens is 2. The molecule has 1 fully saturated rings. The van der Waals surface area contributed by atoms with Crippen LogP contribution in [0.2, 0.25) is 0 Å². The molecule has 0 spiro atoms. The Balaban J connectivity index is 1.86. The quantitative estimate of drug-likeness (QED) is 0.719. The Bertz CT molecular complexity index is 528. The minimum absolute atomic E-state index is 0.00720. The van der Waals surface area contributed by atoms with Gasteiger partial charge in [0.15, 0.2) is 5.12 Å². The highest BCUT2D eigenvalue weighted by Crippen LogP contribution is 2.20. The molecular weight excluding hydrogens is 306 g/mol. The van der Waals surface area contributed by atoms with E-state index in [1.165, 1.54) is 6.92 Å². The van der Waals surface area contributed by atoms with Crippen LogP contribution >= 0.6 is 11.8 Å². The van der Waals surface area contributed by atoms with Crippen molar-refractivity contribution in [2.75, 3.05) is 44.0 Å². The number of hydrogen-bond acceptors (Lipinski definition) is 7. The van der Waals surface area contributed by atoms with Crippen molar-refractivity contribution in [1.82, 2.24) is 10.2 Å². The molecule has 0 radical (unpaired) electrons. The molecule has 1 atom stereocenters. The van der Waals surface area contributed by atoms with E-state index in [-0.39, 0.29) is 22.8 Å². The highest BCUT2D eigenvalue weighted by atomic mass is 32.2. The summed E-state index contributed by atoms with van der Waals surface area (Å²) in [5.41, 5.74) is 0. The lowest BCUT2D eigenvalue weighted by atomic mass is 10.2. The van der Waals surface area contributed by atoms with Crippen molar-refractivity contribution in [3.63, 3.8) is 0 Å². The Hall–Kier alpha value is -1.61. The van der Waals surface area contributed by atoms with E-state index in [2.05, 4.69) is 22.5 Å². The van der Waals surface area contributed by atoms with Gasteiger partial charge in [-0.15, -0.1) is 0 Å². The molecule has 1 aromatic heterocycles. The van der Waals surface area contributed by atoms with E-state index in [4.69, 9.17) is 4.52 Å². The summed E-state index contributed by atoms with van der Waals surface area (Å²) in [7, 11) is 2.07. The summed E-state index contributed by atoms with van der Waals surface area (Å²) in [5.74, 6) is -0.0420. The second-order valence-electron chi connectivity index (χ2n) is 5.37. The van der Waals surface area contributed by atoms with Crippen molar-refractivity contribution < 1.29 is 18.9 Å². The molecule has 2 rings (SSSR count). The number of piperazine rings is 1. The van der Waals surface area contributed by atoms with Gasteiger partial charge in [0.1, 0.15) is 5.88 Å². The predicted octanol–water partition coefficient (Wildman–Crippen LogP) is 0.293.